The van der Waals surface area contributed by atoms with Crippen LogP contribution in [0.15, 0.2) is 48.5 Å². The second-order valence-corrected chi connectivity index (χ2v) is 7.09. The van der Waals surface area contributed by atoms with E-state index in [-0.39, 0.29) is 11.8 Å². The van der Waals surface area contributed by atoms with Crippen LogP contribution in [0.25, 0.3) is 0 Å². The second-order valence-electron chi connectivity index (χ2n) is 7.09. The number of Topliss-reactive ketones (excluding diaryl/α,β-unsaturated/α-hetero) is 1. The van der Waals surface area contributed by atoms with Crippen LogP contribution in [0.5, 0.6) is 0 Å². The Hall–Kier alpha value is -2.42. The van der Waals surface area contributed by atoms with Crippen molar-refractivity contribution in [3.63, 3.8) is 0 Å². The van der Waals surface area contributed by atoms with E-state index in [1.807, 2.05) is 18.2 Å². The summed E-state index contributed by atoms with van der Waals surface area (Å²) in [4.78, 5) is 25.4. The van der Waals surface area contributed by atoms with Crippen molar-refractivity contribution in [3.8, 4) is 0 Å². The summed E-state index contributed by atoms with van der Waals surface area (Å²) in [7, 11) is 0. The van der Waals surface area contributed by atoms with Crippen LogP contribution in [0, 0.1) is 5.92 Å². The fourth-order valence-corrected chi connectivity index (χ4v) is 4.71. The third-order valence-electron chi connectivity index (χ3n) is 5.77. The molecule has 0 saturated heterocycles. The lowest BCUT2D eigenvalue weighted by Crippen LogP contribution is -2.41. The van der Waals surface area contributed by atoms with Crippen molar-refractivity contribution in [1.82, 2.24) is 0 Å². The van der Waals surface area contributed by atoms with Gasteiger partial charge in [0.15, 0.2) is 0 Å². The highest BCUT2D eigenvalue weighted by Crippen LogP contribution is 2.50. The predicted octanol–water partition coefficient (Wildman–Crippen LogP) is 3.61. The summed E-state index contributed by atoms with van der Waals surface area (Å²) in [6.07, 6.45) is 2.72. The van der Waals surface area contributed by atoms with Gasteiger partial charge in [-0.15, -0.1) is 0 Å². The minimum Gasteiger partial charge on any atom is -0.465 e. The van der Waals surface area contributed by atoms with Crippen molar-refractivity contribution in [2.75, 3.05) is 6.61 Å². The molecule has 3 heteroatoms. The molecule has 0 heterocycles. The summed E-state index contributed by atoms with van der Waals surface area (Å²) in [6, 6.07) is 16.7. The highest BCUT2D eigenvalue weighted by Gasteiger charge is 2.55. The quantitative estimate of drug-likeness (QED) is 0.622. The van der Waals surface area contributed by atoms with Gasteiger partial charge in [-0.2, -0.15) is 0 Å². The number of hydrogen-bond donors (Lipinski definition) is 0. The molecule has 1 fully saturated rings. The lowest BCUT2D eigenvalue weighted by Gasteiger charge is -2.34. The summed E-state index contributed by atoms with van der Waals surface area (Å²) < 4.78 is 5.31. The third-order valence-corrected chi connectivity index (χ3v) is 5.77. The van der Waals surface area contributed by atoms with Gasteiger partial charge in [0, 0.05) is 11.8 Å². The Balaban J connectivity index is 1.92. The molecule has 3 nitrogen and oxygen atoms in total. The number of rotatable bonds is 2. The number of fused-ring (bicyclic) bond motifs is 3. The average Bonchev–Trinajstić information content (AvgIpc) is 2.86. The first-order valence-electron chi connectivity index (χ1n) is 9.00. The van der Waals surface area contributed by atoms with Crippen LogP contribution in [0.4, 0.5) is 0 Å². The monoisotopic (exact) mass is 334 g/mol. The zero-order valence-electron chi connectivity index (χ0n) is 14.5. The van der Waals surface area contributed by atoms with Gasteiger partial charge in [-0.1, -0.05) is 48.5 Å². The largest absolute Gasteiger partial charge is 0.465 e. The van der Waals surface area contributed by atoms with Gasteiger partial charge in [0.25, 0.3) is 0 Å². The topological polar surface area (TPSA) is 43.4 Å². The maximum atomic E-state index is 12.7. The minimum atomic E-state index is -0.695. The van der Waals surface area contributed by atoms with E-state index in [2.05, 4.69) is 30.3 Å². The van der Waals surface area contributed by atoms with Gasteiger partial charge in [-0.05, 0) is 48.4 Å². The molecule has 25 heavy (non-hydrogen) atoms. The molecule has 128 valence electrons. The van der Waals surface area contributed by atoms with E-state index in [4.69, 9.17) is 4.74 Å². The van der Waals surface area contributed by atoms with Crippen LogP contribution in [-0.2, 0) is 32.6 Å². The van der Waals surface area contributed by atoms with E-state index in [1.165, 1.54) is 16.7 Å². The van der Waals surface area contributed by atoms with Crippen molar-refractivity contribution < 1.29 is 14.3 Å². The van der Waals surface area contributed by atoms with Crippen molar-refractivity contribution in [2.24, 2.45) is 5.92 Å². The van der Waals surface area contributed by atoms with Gasteiger partial charge in [0.05, 0.1) is 6.61 Å². The SMILES string of the molecule is CCOC(=O)C1C(=O)CC[C@]12Cc1ccccc1Cc1ccccc12. The number of ketones is 1. The molecule has 1 unspecified atom stereocenters. The van der Waals surface area contributed by atoms with Crippen LogP contribution in [0.2, 0.25) is 0 Å². The predicted molar refractivity (Wildman–Crippen MR) is 95.4 cm³/mol. The number of hydrogen-bond acceptors (Lipinski definition) is 3. The Morgan fingerprint density at radius 3 is 2.52 bits per heavy atom. The Kier molecular flexibility index (Phi) is 3.95. The van der Waals surface area contributed by atoms with Crippen molar-refractivity contribution in [2.45, 2.75) is 38.0 Å². The smallest absolute Gasteiger partial charge is 0.317 e. The molecular formula is C22H22O3. The van der Waals surface area contributed by atoms with Gasteiger partial charge in [0.1, 0.15) is 11.7 Å². The molecule has 0 bridgehead atoms. The van der Waals surface area contributed by atoms with E-state index in [1.54, 1.807) is 6.92 Å². The summed E-state index contributed by atoms with van der Waals surface area (Å²) in [5.41, 5.74) is 4.41. The van der Waals surface area contributed by atoms with Gasteiger partial charge in [0.2, 0.25) is 0 Å². The lowest BCUT2D eigenvalue weighted by atomic mass is 9.68. The average molecular weight is 334 g/mol. The van der Waals surface area contributed by atoms with Crippen molar-refractivity contribution >= 4 is 11.8 Å². The third kappa shape index (κ3) is 2.50. The number of carbonyl (C=O) groups is 2. The van der Waals surface area contributed by atoms with E-state index in [0.717, 1.165) is 18.4 Å². The molecule has 4 rings (SSSR count). The summed E-state index contributed by atoms with van der Waals surface area (Å²) >= 11 is 0. The standard InChI is InChI=1S/C22H22O3/c1-2-25-21(24)20-19(23)11-12-22(20)14-17-9-4-3-7-15(17)13-16-8-5-6-10-18(16)22/h3-10,20H,2,11-14H2,1H3/t20?,22-/m1/s1. The second kappa shape index (κ2) is 6.14. The van der Waals surface area contributed by atoms with Crippen LogP contribution < -0.4 is 0 Å². The summed E-state index contributed by atoms with van der Waals surface area (Å²) in [5, 5.41) is 0. The number of carbonyl (C=O) groups excluding carboxylic acids is 2. The Morgan fingerprint density at radius 1 is 1.08 bits per heavy atom. The molecule has 2 aliphatic rings. The first-order valence-corrected chi connectivity index (χ1v) is 9.00. The number of esters is 1. The van der Waals surface area contributed by atoms with Crippen LogP contribution >= 0.6 is 0 Å². The summed E-state index contributed by atoms with van der Waals surface area (Å²) in [6.45, 7) is 2.09. The first-order chi connectivity index (χ1) is 12.2. The molecule has 0 radical (unpaired) electrons. The molecule has 2 aromatic carbocycles. The molecule has 1 spiro atoms. The first kappa shape index (κ1) is 16.1. The van der Waals surface area contributed by atoms with Crippen LogP contribution in [0.3, 0.4) is 0 Å². The normalized spacial score (nSPS) is 24.5. The Labute approximate surface area is 148 Å². The van der Waals surface area contributed by atoms with E-state index in [9.17, 15) is 9.59 Å². The fraction of sp³-hybridized carbons (Fsp3) is 0.364. The molecular weight excluding hydrogens is 312 g/mol. The van der Waals surface area contributed by atoms with Gasteiger partial charge >= 0.3 is 5.97 Å². The Bertz CT molecular complexity index is 839. The molecule has 2 aromatic rings. The van der Waals surface area contributed by atoms with Crippen molar-refractivity contribution in [3.05, 3.63) is 70.8 Å². The lowest BCUT2D eigenvalue weighted by molar-refractivity contribution is -0.152. The maximum Gasteiger partial charge on any atom is 0.317 e. The highest BCUT2D eigenvalue weighted by atomic mass is 16.5. The minimum absolute atomic E-state index is 0.0210. The molecule has 0 aromatic heterocycles. The maximum absolute atomic E-state index is 12.7. The van der Waals surface area contributed by atoms with Crippen LogP contribution in [-0.4, -0.2) is 18.4 Å². The van der Waals surface area contributed by atoms with Crippen molar-refractivity contribution in [1.29, 1.82) is 0 Å². The molecule has 2 aliphatic carbocycles. The number of ether oxygens (including phenoxy) is 1. The molecule has 0 aliphatic heterocycles. The molecule has 0 amide bonds. The highest BCUT2D eigenvalue weighted by molar-refractivity contribution is 6.03. The van der Waals surface area contributed by atoms with E-state index >= 15 is 0 Å². The van der Waals surface area contributed by atoms with E-state index < -0.39 is 11.3 Å². The van der Waals surface area contributed by atoms with Gasteiger partial charge < -0.3 is 4.74 Å². The number of benzene rings is 2. The van der Waals surface area contributed by atoms with E-state index in [0.29, 0.717) is 19.4 Å². The fourth-order valence-electron chi connectivity index (χ4n) is 4.71. The van der Waals surface area contributed by atoms with Gasteiger partial charge in [-0.25, -0.2) is 0 Å². The zero-order chi connectivity index (χ0) is 17.4. The molecule has 1 saturated carbocycles. The Morgan fingerprint density at radius 2 is 1.76 bits per heavy atom. The molecule has 2 atom stereocenters. The zero-order valence-corrected chi connectivity index (χ0v) is 14.5. The summed E-state index contributed by atoms with van der Waals surface area (Å²) in [5.74, 6) is -1.04. The van der Waals surface area contributed by atoms with Crippen LogP contribution in [0.1, 0.15) is 42.0 Å². The molecule has 0 N–H and O–H groups in total. The van der Waals surface area contributed by atoms with Gasteiger partial charge in [-0.3, -0.25) is 9.59 Å².